The van der Waals surface area contributed by atoms with Crippen molar-refractivity contribution in [3.8, 4) is 0 Å². The fourth-order valence-electron chi connectivity index (χ4n) is 5.15. The zero-order valence-electron chi connectivity index (χ0n) is 19.1. The number of aliphatic hydroxyl groups excluding tert-OH is 3. The molecule has 0 bridgehead atoms. The largest absolute Gasteiger partial charge is 0.479 e. The van der Waals surface area contributed by atoms with Crippen LogP contribution in [0.4, 0.5) is 0 Å². The molecule has 1 aliphatic carbocycles. The molecule has 1 aliphatic heterocycles. The molecule has 0 spiro atoms. The van der Waals surface area contributed by atoms with Gasteiger partial charge in [0.05, 0.1) is 18.8 Å². The highest BCUT2D eigenvalue weighted by molar-refractivity contribution is 6.30. The highest BCUT2D eigenvalue weighted by Crippen LogP contribution is 2.52. The third-order valence-corrected chi connectivity index (χ3v) is 7.66. The molecule has 35 heavy (non-hydrogen) atoms. The van der Waals surface area contributed by atoms with E-state index in [0.717, 1.165) is 5.56 Å². The minimum absolute atomic E-state index is 0.105. The molecule has 2 aromatic rings. The van der Waals surface area contributed by atoms with Gasteiger partial charge in [-0.1, -0.05) is 30.7 Å². The number of carboxylic acids is 1. The van der Waals surface area contributed by atoms with Crippen molar-refractivity contribution in [3.63, 3.8) is 0 Å². The topological polar surface area (TPSA) is 167 Å². The minimum Gasteiger partial charge on any atom is -0.479 e. The molecule has 0 unspecified atom stereocenters. The summed E-state index contributed by atoms with van der Waals surface area (Å²) in [5.74, 6) is -1.67. The summed E-state index contributed by atoms with van der Waals surface area (Å²) >= 11 is 6.01. The number of ether oxygens (including phenoxy) is 2. The van der Waals surface area contributed by atoms with Crippen LogP contribution in [0, 0.1) is 11.3 Å². The molecule has 8 atom stereocenters. The number of aromatic nitrogens is 3. The highest BCUT2D eigenvalue weighted by Gasteiger charge is 2.58. The van der Waals surface area contributed by atoms with Gasteiger partial charge in [-0.05, 0) is 42.9 Å². The number of aliphatic carboxylic acids is 1. The van der Waals surface area contributed by atoms with Crippen LogP contribution >= 0.6 is 11.6 Å². The summed E-state index contributed by atoms with van der Waals surface area (Å²) in [6, 6.07) is 7.42. The Balaban J connectivity index is 1.55. The summed E-state index contributed by atoms with van der Waals surface area (Å²) in [6.45, 7) is 1.88. The number of nitrogens with zero attached hydrogens (tertiary/aromatic N) is 3. The first-order chi connectivity index (χ1) is 16.5. The average molecular weight is 512 g/mol. The smallest absolute Gasteiger partial charge is 0.335 e. The van der Waals surface area contributed by atoms with E-state index in [1.807, 2.05) is 19.1 Å². The van der Waals surface area contributed by atoms with Gasteiger partial charge >= 0.3 is 5.97 Å². The molecular formula is C23H30ClN3O8. The molecule has 192 valence electrons. The fraction of sp³-hybridized carbons (Fsp3) is 0.609. The molecule has 11 nitrogen and oxygen atoms in total. The second kappa shape index (κ2) is 10.1. The second-order valence-electron chi connectivity index (χ2n) is 9.69. The van der Waals surface area contributed by atoms with Crippen molar-refractivity contribution in [3.05, 3.63) is 47.5 Å². The number of rotatable bonds is 8. The van der Waals surface area contributed by atoms with E-state index in [1.165, 1.54) is 12.7 Å². The van der Waals surface area contributed by atoms with Crippen LogP contribution in [0.15, 0.2) is 36.9 Å². The second-order valence-corrected chi connectivity index (χ2v) is 10.1. The quantitative estimate of drug-likeness (QED) is 0.331. The van der Waals surface area contributed by atoms with Gasteiger partial charge in [-0.3, -0.25) is 4.68 Å². The van der Waals surface area contributed by atoms with Gasteiger partial charge in [-0.15, -0.1) is 0 Å². The zero-order valence-corrected chi connectivity index (χ0v) is 19.9. The lowest BCUT2D eigenvalue weighted by Crippen LogP contribution is -2.61. The Morgan fingerprint density at radius 1 is 1.23 bits per heavy atom. The van der Waals surface area contributed by atoms with E-state index in [0.29, 0.717) is 24.3 Å². The van der Waals surface area contributed by atoms with Crippen molar-refractivity contribution >= 4 is 17.6 Å². The number of hydrogen-bond acceptors (Lipinski definition) is 9. The van der Waals surface area contributed by atoms with Crippen LogP contribution in [0.2, 0.25) is 5.02 Å². The molecular weight excluding hydrogens is 482 g/mol. The molecule has 5 N–H and O–H groups in total. The van der Waals surface area contributed by atoms with Crippen molar-refractivity contribution in [2.45, 2.75) is 69.0 Å². The summed E-state index contributed by atoms with van der Waals surface area (Å²) in [5.41, 5.74) is -1.16. The molecule has 0 amide bonds. The van der Waals surface area contributed by atoms with Gasteiger partial charge in [0.2, 0.25) is 0 Å². The maximum absolute atomic E-state index is 12.1. The molecule has 2 fully saturated rings. The molecule has 4 rings (SSSR count). The summed E-state index contributed by atoms with van der Waals surface area (Å²) in [4.78, 5) is 15.4. The molecule has 1 aromatic heterocycles. The number of halogens is 1. The molecule has 12 heteroatoms. The van der Waals surface area contributed by atoms with E-state index >= 15 is 0 Å². The summed E-state index contributed by atoms with van der Waals surface area (Å²) in [7, 11) is 0. The molecule has 1 saturated heterocycles. The first-order valence-electron chi connectivity index (χ1n) is 11.4. The Labute approximate surface area is 206 Å². The maximum atomic E-state index is 12.1. The SMILES string of the molecule is C[C@@]1(CO[C@H]2O[C@H](C(=O)O)[C@@H](O)[C@H](O)[C@H]2O)CC[C@H](Cc2ccc(Cl)cc2)[C@@]1(O)Cn1cncn1. The molecule has 1 aromatic carbocycles. The summed E-state index contributed by atoms with van der Waals surface area (Å²) in [6.07, 6.45) is -3.81. The van der Waals surface area contributed by atoms with Crippen LogP contribution in [0.5, 0.6) is 0 Å². The lowest BCUT2D eigenvalue weighted by Gasteiger charge is -2.44. The number of benzene rings is 1. The zero-order chi connectivity index (χ0) is 25.4. The van der Waals surface area contributed by atoms with Crippen molar-refractivity contribution in [2.75, 3.05) is 6.61 Å². The van der Waals surface area contributed by atoms with Crippen LogP contribution in [-0.2, 0) is 27.2 Å². The molecule has 0 radical (unpaired) electrons. The number of carbonyl (C=O) groups is 1. The normalized spacial score (nSPS) is 37.4. The van der Waals surface area contributed by atoms with Crippen molar-refractivity contribution in [2.24, 2.45) is 11.3 Å². The van der Waals surface area contributed by atoms with E-state index in [-0.39, 0.29) is 19.1 Å². The van der Waals surface area contributed by atoms with Crippen molar-refractivity contribution in [1.29, 1.82) is 0 Å². The van der Waals surface area contributed by atoms with Gasteiger partial charge in [-0.2, -0.15) is 5.10 Å². The predicted molar refractivity (Wildman–Crippen MR) is 121 cm³/mol. The Bertz CT molecular complexity index is 1010. The van der Waals surface area contributed by atoms with E-state index in [9.17, 15) is 30.3 Å². The van der Waals surface area contributed by atoms with Crippen LogP contribution in [0.25, 0.3) is 0 Å². The Morgan fingerprint density at radius 2 is 1.94 bits per heavy atom. The van der Waals surface area contributed by atoms with Gasteiger partial charge in [0.15, 0.2) is 12.4 Å². The Morgan fingerprint density at radius 3 is 2.57 bits per heavy atom. The van der Waals surface area contributed by atoms with Crippen LogP contribution in [0.1, 0.15) is 25.3 Å². The van der Waals surface area contributed by atoms with Gasteiger partial charge < -0.3 is 35.0 Å². The predicted octanol–water partition coefficient (Wildman–Crippen LogP) is 0.230. The number of aliphatic hydroxyl groups is 4. The lowest BCUT2D eigenvalue weighted by molar-refractivity contribution is -0.303. The van der Waals surface area contributed by atoms with Gasteiger partial charge in [0.25, 0.3) is 0 Å². The maximum Gasteiger partial charge on any atom is 0.335 e. The van der Waals surface area contributed by atoms with E-state index in [1.54, 1.807) is 16.8 Å². The van der Waals surface area contributed by atoms with E-state index in [4.69, 9.17) is 21.1 Å². The van der Waals surface area contributed by atoms with E-state index < -0.39 is 47.7 Å². The van der Waals surface area contributed by atoms with Crippen LogP contribution in [-0.4, -0.2) is 89.2 Å². The number of carboxylic acid groups (broad SMARTS) is 1. The molecule has 1 saturated carbocycles. The summed E-state index contributed by atoms with van der Waals surface area (Å²) in [5, 5.41) is 56.5. The summed E-state index contributed by atoms with van der Waals surface area (Å²) < 4.78 is 12.6. The molecule has 2 aliphatic rings. The number of hydrogen-bond donors (Lipinski definition) is 5. The van der Waals surface area contributed by atoms with E-state index in [2.05, 4.69) is 10.1 Å². The first kappa shape index (κ1) is 26.0. The van der Waals surface area contributed by atoms with Gasteiger partial charge in [0.1, 0.15) is 31.0 Å². The Hall–Kier alpha value is -2.12. The van der Waals surface area contributed by atoms with Crippen molar-refractivity contribution in [1.82, 2.24) is 14.8 Å². The monoisotopic (exact) mass is 511 g/mol. The van der Waals surface area contributed by atoms with Gasteiger partial charge in [0, 0.05) is 10.4 Å². The third kappa shape index (κ3) is 5.08. The minimum atomic E-state index is -1.81. The average Bonchev–Trinajstić information content (AvgIpc) is 3.41. The lowest BCUT2D eigenvalue weighted by atomic mass is 9.71. The highest BCUT2D eigenvalue weighted by atomic mass is 35.5. The Kier molecular flexibility index (Phi) is 7.49. The van der Waals surface area contributed by atoms with Crippen LogP contribution in [0.3, 0.4) is 0 Å². The standard InChI is InChI=1S/C23H30ClN3O8/c1-22(10-34-21-18(30)16(28)17(29)19(35-21)20(31)32)7-6-14(8-13-2-4-15(24)5-3-13)23(22,33)9-27-12-25-11-26-27/h2-5,11-12,14,16-19,21,28-30,33H,6-10H2,1H3,(H,31,32)/t14-,16+,17+,18-,19+,21+,22+,23+/m1/s1. The van der Waals surface area contributed by atoms with Crippen LogP contribution < -0.4 is 0 Å². The first-order valence-corrected chi connectivity index (χ1v) is 11.8. The molecule has 2 heterocycles. The fourth-order valence-corrected chi connectivity index (χ4v) is 5.28. The van der Waals surface area contributed by atoms with Gasteiger partial charge in [-0.25, -0.2) is 9.78 Å². The third-order valence-electron chi connectivity index (χ3n) is 7.41. The van der Waals surface area contributed by atoms with Crippen molar-refractivity contribution < 1.29 is 39.8 Å².